The Hall–Kier alpha value is -0.220. The molecule has 7 nitrogen and oxygen atoms in total. The van der Waals surface area contributed by atoms with Gasteiger partial charge in [-0.25, -0.2) is 16.8 Å². The van der Waals surface area contributed by atoms with Crippen molar-refractivity contribution >= 4 is 19.9 Å². The molecule has 1 rings (SSSR count). The first-order valence-electron chi connectivity index (χ1n) is 9.48. The molecule has 27 heavy (non-hydrogen) atoms. The van der Waals surface area contributed by atoms with Gasteiger partial charge in [0.1, 0.15) is 0 Å². The summed E-state index contributed by atoms with van der Waals surface area (Å²) in [6.07, 6.45) is 1.94. The quantitative estimate of drug-likeness (QED) is 0.557. The molecule has 0 saturated carbocycles. The van der Waals surface area contributed by atoms with Crippen molar-refractivity contribution in [2.24, 2.45) is 5.41 Å². The van der Waals surface area contributed by atoms with E-state index in [0.29, 0.717) is 26.1 Å². The zero-order valence-electron chi connectivity index (χ0n) is 18.1. The lowest BCUT2D eigenvalue weighted by Gasteiger charge is -2.48. The van der Waals surface area contributed by atoms with E-state index in [9.17, 15) is 16.8 Å². The second-order valence-corrected chi connectivity index (χ2v) is 13.6. The predicted molar refractivity (Wildman–Crippen MR) is 110 cm³/mol. The van der Waals surface area contributed by atoms with Crippen molar-refractivity contribution in [3.8, 4) is 0 Å². The van der Waals surface area contributed by atoms with Crippen molar-refractivity contribution in [2.75, 3.05) is 44.5 Å². The van der Waals surface area contributed by atoms with Crippen LogP contribution in [0, 0.1) is 5.41 Å². The van der Waals surface area contributed by atoms with Crippen LogP contribution in [0.3, 0.4) is 0 Å². The lowest BCUT2D eigenvalue weighted by Crippen LogP contribution is -2.56. The van der Waals surface area contributed by atoms with Gasteiger partial charge in [0, 0.05) is 25.7 Å². The summed E-state index contributed by atoms with van der Waals surface area (Å²) in [6, 6.07) is -0.317. The molecule has 1 saturated heterocycles. The van der Waals surface area contributed by atoms with Crippen LogP contribution in [0.2, 0.25) is 0 Å². The molecule has 0 radical (unpaired) electrons. The van der Waals surface area contributed by atoms with Gasteiger partial charge in [0.2, 0.25) is 10.0 Å². The van der Waals surface area contributed by atoms with Gasteiger partial charge in [0.05, 0.1) is 36.5 Å². The van der Waals surface area contributed by atoms with E-state index in [-0.39, 0.29) is 34.6 Å². The molecule has 1 atom stereocenters. The molecule has 0 bridgehead atoms. The highest BCUT2D eigenvalue weighted by molar-refractivity contribution is 7.91. The van der Waals surface area contributed by atoms with Crippen LogP contribution < -0.4 is 0 Å². The summed E-state index contributed by atoms with van der Waals surface area (Å²) in [5.74, 6) is 0.361. The Morgan fingerprint density at radius 2 is 1.59 bits per heavy atom. The second kappa shape index (κ2) is 8.65. The molecule has 1 fully saturated rings. The van der Waals surface area contributed by atoms with Gasteiger partial charge < -0.3 is 4.74 Å². The average molecular weight is 427 g/mol. The molecule has 1 heterocycles. The topological polar surface area (TPSA) is 84.0 Å². The summed E-state index contributed by atoms with van der Waals surface area (Å²) < 4.78 is 55.1. The summed E-state index contributed by atoms with van der Waals surface area (Å²) >= 11 is 0. The number of nitrogens with zero attached hydrogens (tertiary/aromatic N) is 2. The molecule has 0 aromatic carbocycles. The molecule has 0 aromatic heterocycles. The van der Waals surface area contributed by atoms with Crippen LogP contribution in [-0.2, 0) is 24.6 Å². The number of rotatable bonds is 9. The highest BCUT2D eigenvalue weighted by Gasteiger charge is 2.43. The first-order valence-corrected chi connectivity index (χ1v) is 13.1. The molecular weight excluding hydrogens is 388 g/mol. The molecule has 9 heteroatoms. The van der Waals surface area contributed by atoms with E-state index in [4.69, 9.17) is 4.74 Å². The summed E-state index contributed by atoms with van der Waals surface area (Å²) in [7, 11) is -4.70. The number of sulfonamides is 1. The smallest absolute Gasteiger partial charge is 0.211 e. The van der Waals surface area contributed by atoms with Gasteiger partial charge in [0.25, 0.3) is 0 Å². The Labute approximate surface area is 166 Å². The summed E-state index contributed by atoms with van der Waals surface area (Å²) in [4.78, 5) is 2.20. The Kier molecular flexibility index (Phi) is 7.95. The third-order valence-corrected chi connectivity index (χ3v) is 8.45. The molecular formula is C18H38N2O5S2. The normalized spacial score (nSPS) is 21.0. The van der Waals surface area contributed by atoms with Crippen molar-refractivity contribution in [3.63, 3.8) is 0 Å². The number of ether oxygens (including phenoxy) is 1. The Bertz CT molecular complexity index is 685. The summed E-state index contributed by atoms with van der Waals surface area (Å²) in [5.41, 5.74) is -0.625. The van der Waals surface area contributed by atoms with E-state index in [1.807, 2.05) is 13.8 Å². The number of likely N-dealkylation sites (N-methyl/N-ethyl adjacent to an activating group) is 1. The molecule has 0 spiro atoms. The van der Waals surface area contributed by atoms with Gasteiger partial charge in [-0.2, -0.15) is 4.31 Å². The standard InChI is InChI=1S/C18H38N2O5S2/c1-15(2)25-13-16(19(7)26(8,21)22)17(3,4)14-18(5,6)20-9-11-27(23,24)12-10-20/h15-16H,9-14H2,1-8H3. The average Bonchev–Trinajstić information content (AvgIpc) is 2.43. The Balaban J connectivity index is 3.02. The van der Waals surface area contributed by atoms with Crippen molar-refractivity contribution in [1.29, 1.82) is 0 Å². The highest BCUT2D eigenvalue weighted by Crippen LogP contribution is 2.38. The molecule has 0 amide bonds. The van der Waals surface area contributed by atoms with Gasteiger partial charge in [-0.3, -0.25) is 4.90 Å². The molecule has 1 aliphatic heterocycles. The lowest BCUT2D eigenvalue weighted by molar-refractivity contribution is -0.0110. The van der Waals surface area contributed by atoms with Crippen LogP contribution in [0.1, 0.15) is 48.0 Å². The summed E-state index contributed by atoms with van der Waals surface area (Å²) in [6.45, 7) is 13.5. The number of sulfone groups is 1. The minimum atomic E-state index is -3.37. The van der Waals surface area contributed by atoms with E-state index in [0.717, 1.165) is 0 Å². The fourth-order valence-electron chi connectivity index (χ4n) is 4.00. The zero-order chi connectivity index (χ0) is 21.3. The molecule has 162 valence electrons. The highest BCUT2D eigenvalue weighted by atomic mass is 32.2. The van der Waals surface area contributed by atoms with E-state index in [1.165, 1.54) is 10.6 Å². The fraction of sp³-hybridized carbons (Fsp3) is 1.00. The maximum atomic E-state index is 12.2. The first-order chi connectivity index (χ1) is 12.0. The minimum Gasteiger partial charge on any atom is -0.377 e. The van der Waals surface area contributed by atoms with E-state index in [2.05, 4.69) is 32.6 Å². The van der Waals surface area contributed by atoms with E-state index < -0.39 is 19.9 Å². The first kappa shape index (κ1) is 24.8. The SMILES string of the molecule is CC(C)OCC(N(C)S(C)(=O)=O)C(C)(C)CC(C)(C)N1CCS(=O)(=O)CC1. The summed E-state index contributed by atoms with van der Waals surface area (Å²) in [5, 5.41) is 0. The monoisotopic (exact) mass is 426 g/mol. The second-order valence-electron chi connectivity index (χ2n) is 9.29. The molecule has 0 aromatic rings. The van der Waals surface area contributed by atoms with Gasteiger partial charge in [-0.1, -0.05) is 13.8 Å². The van der Waals surface area contributed by atoms with Crippen LogP contribution in [-0.4, -0.2) is 88.2 Å². The van der Waals surface area contributed by atoms with Crippen molar-refractivity contribution in [3.05, 3.63) is 0 Å². The van der Waals surface area contributed by atoms with E-state index >= 15 is 0 Å². The maximum Gasteiger partial charge on any atom is 0.211 e. The number of hydrogen-bond donors (Lipinski definition) is 0. The predicted octanol–water partition coefficient (Wildman–Crippen LogP) is 1.60. The molecule has 0 aliphatic carbocycles. The van der Waals surface area contributed by atoms with Crippen LogP contribution in [0.4, 0.5) is 0 Å². The lowest BCUT2D eigenvalue weighted by atomic mass is 9.74. The van der Waals surface area contributed by atoms with Gasteiger partial charge in [0.15, 0.2) is 9.84 Å². The fourth-order valence-corrected chi connectivity index (χ4v) is 6.01. The van der Waals surface area contributed by atoms with Gasteiger partial charge in [-0.05, 0) is 39.5 Å². The molecule has 0 N–H and O–H groups in total. The van der Waals surface area contributed by atoms with Crippen LogP contribution in [0.15, 0.2) is 0 Å². The van der Waals surface area contributed by atoms with Gasteiger partial charge in [-0.15, -0.1) is 0 Å². The van der Waals surface area contributed by atoms with Crippen molar-refractivity contribution < 1.29 is 21.6 Å². The van der Waals surface area contributed by atoms with Crippen molar-refractivity contribution in [1.82, 2.24) is 9.21 Å². The molecule has 1 unspecified atom stereocenters. The Morgan fingerprint density at radius 1 is 1.11 bits per heavy atom. The zero-order valence-corrected chi connectivity index (χ0v) is 19.8. The van der Waals surface area contributed by atoms with Crippen LogP contribution in [0.5, 0.6) is 0 Å². The third-order valence-electron chi connectivity index (χ3n) is 5.54. The third kappa shape index (κ3) is 7.27. The van der Waals surface area contributed by atoms with E-state index in [1.54, 1.807) is 7.05 Å². The van der Waals surface area contributed by atoms with Gasteiger partial charge >= 0.3 is 0 Å². The largest absolute Gasteiger partial charge is 0.377 e. The minimum absolute atomic E-state index is 0.0107. The van der Waals surface area contributed by atoms with Crippen LogP contribution in [0.25, 0.3) is 0 Å². The number of hydrogen-bond acceptors (Lipinski definition) is 6. The Morgan fingerprint density at radius 3 is 2.00 bits per heavy atom. The maximum absolute atomic E-state index is 12.2. The van der Waals surface area contributed by atoms with Crippen molar-refractivity contribution in [2.45, 2.75) is 65.6 Å². The molecule has 1 aliphatic rings. The van der Waals surface area contributed by atoms with Crippen LogP contribution >= 0.6 is 0 Å².